The molecule has 0 amide bonds. The van der Waals surface area contributed by atoms with Crippen molar-refractivity contribution in [2.75, 3.05) is 13.7 Å². The van der Waals surface area contributed by atoms with E-state index in [-0.39, 0.29) is 5.41 Å². The maximum Gasteiger partial charge on any atom is 0.166 e. The van der Waals surface area contributed by atoms with Crippen molar-refractivity contribution < 1.29 is 9.13 Å². The van der Waals surface area contributed by atoms with Crippen LogP contribution in [0.15, 0.2) is 12.1 Å². The molecule has 17 heavy (non-hydrogen) atoms. The first-order valence-corrected chi connectivity index (χ1v) is 6.24. The highest BCUT2D eigenvalue weighted by atomic mass is 35.5. The van der Waals surface area contributed by atoms with Crippen LogP contribution in [-0.2, 0) is 5.41 Å². The van der Waals surface area contributed by atoms with Crippen LogP contribution in [0.1, 0.15) is 31.2 Å². The molecule has 0 aliphatic heterocycles. The molecule has 2 nitrogen and oxygen atoms in total. The largest absolute Gasteiger partial charge is 0.493 e. The third kappa shape index (κ3) is 2.14. The molecule has 2 rings (SSSR count). The molecule has 1 fully saturated rings. The van der Waals surface area contributed by atoms with E-state index in [1.165, 1.54) is 13.2 Å². The molecule has 1 saturated carbocycles. The molecule has 1 aliphatic rings. The van der Waals surface area contributed by atoms with Crippen molar-refractivity contribution >= 4 is 11.6 Å². The van der Waals surface area contributed by atoms with Crippen LogP contribution < -0.4 is 10.5 Å². The summed E-state index contributed by atoms with van der Waals surface area (Å²) >= 11 is 5.94. The van der Waals surface area contributed by atoms with Gasteiger partial charge in [-0.2, -0.15) is 0 Å². The van der Waals surface area contributed by atoms with E-state index >= 15 is 0 Å². The number of hydrogen-bond acceptors (Lipinski definition) is 2. The molecule has 2 N–H and O–H groups in total. The van der Waals surface area contributed by atoms with Gasteiger partial charge in [0.25, 0.3) is 0 Å². The van der Waals surface area contributed by atoms with Gasteiger partial charge < -0.3 is 10.5 Å². The zero-order valence-electron chi connectivity index (χ0n) is 9.93. The van der Waals surface area contributed by atoms with Crippen LogP contribution in [0.3, 0.4) is 0 Å². The smallest absolute Gasteiger partial charge is 0.166 e. The number of ether oxygens (including phenoxy) is 1. The van der Waals surface area contributed by atoms with E-state index in [0.717, 1.165) is 31.2 Å². The summed E-state index contributed by atoms with van der Waals surface area (Å²) in [5, 5.41) is 0.401. The van der Waals surface area contributed by atoms with Crippen LogP contribution in [0, 0.1) is 5.82 Å². The molecule has 0 bridgehead atoms. The first kappa shape index (κ1) is 12.7. The Morgan fingerprint density at radius 1 is 1.41 bits per heavy atom. The average Bonchev–Trinajstić information content (AvgIpc) is 2.77. The minimum atomic E-state index is -0.408. The van der Waals surface area contributed by atoms with Gasteiger partial charge in [-0.25, -0.2) is 4.39 Å². The summed E-state index contributed by atoms with van der Waals surface area (Å²) in [6.45, 7) is 0.503. The van der Waals surface area contributed by atoms with Crippen LogP contribution >= 0.6 is 11.6 Å². The fourth-order valence-electron chi connectivity index (χ4n) is 2.80. The highest BCUT2D eigenvalue weighted by molar-refractivity contribution is 6.30. The molecule has 0 saturated heterocycles. The highest BCUT2D eigenvalue weighted by Gasteiger charge is 2.37. The molecule has 0 unspecified atom stereocenters. The van der Waals surface area contributed by atoms with Gasteiger partial charge in [0.1, 0.15) is 0 Å². The molecule has 1 aromatic carbocycles. The van der Waals surface area contributed by atoms with Gasteiger partial charge >= 0.3 is 0 Å². The van der Waals surface area contributed by atoms with Gasteiger partial charge in [-0.15, -0.1) is 0 Å². The Hall–Kier alpha value is -0.800. The summed E-state index contributed by atoms with van der Waals surface area (Å²) in [6.07, 6.45) is 4.18. The Morgan fingerprint density at radius 3 is 2.59 bits per heavy atom. The summed E-state index contributed by atoms with van der Waals surface area (Å²) in [4.78, 5) is 0. The van der Waals surface area contributed by atoms with Crippen molar-refractivity contribution in [3.05, 3.63) is 28.5 Å². The number of nitrogens with two attached hydrogens (primary N) is 1. The first-order chi connectivity index (χ1) is 8.13. The number of benzene rings is 1. The van der Waals surface area contributed by atoms with Gasteiger partial charge in [-0.1, -0.05) is 24.4 Å². The Labute approximate surface area is 106 Å². The third-order valence-electron chi connectivity index (χ3n) is 3.74. The molecule has 0 heterocycles. The maximum absolute atomic E-state index is 13.8. The highest BCUT2D eigenvalue weighted by Crippen LogP contribution is 2.45. The van der Waals surface area contributed by atoms with E-state index < -0.39 is 5.82 Å². The number of methoxy groups -OCH3 is 1. The summed E-state index contributed by atoms with van der Waals surface area (Å²) in [5.74, 6) is -0.114. The van der Waals surface area contributed by atoms with Gasteiger partial charge in [-0.05, 0) is 25.0 Å². The molecular formula is C13H17ClFNO. The zero-order valence-corrected chi connectivity index (χ0v) is 10.7. The van der Waals surface area contributed by atoms with Crippen molar-refractivity contribution in [1.82, 2.24) is 0 Å². The SMILES string of the molecule is COc1c(F)cc(Cl)cc1C1(CN)CCCC1. The van der Waals surface area contributed by atoms with Gasteiger partial charge in [0.15, 0.2) is 11.6 Å². The van der Waals surface area contributed by atoms with Crippen molar-refractivity contribution in [3.63, 3.8) is 0 Å². The van der Waals surface area contributed by atoms with Crippen LogP contribution in [0.4, 0.5) is 4.39 Å². The summed E-state index contributed by atoms with van der Waals surface area (Å²) in [6, 6.07) is 3.07. The Balaban J connectivity index is 2.56. The molecule has 94 valence electrons. The molecule has 0 spiro atoms. The number of hydrogen-bond donors (Lipinski definition) is 1. The Kier molecular flexibility index (Phi) is 3.59. The van der Waals surface area contributed by atoms with Crippen molar-refractivity contribution in [3.8, 4) is 5.75 Å². The quantitative estimate of drug-likeness (QED) is 0.902. The number of rotatable bonds is 3. The van der Waals surface area contributed by atoms with Gasteiger partial charge in [0.2, 0.25) is 0 Å². The second-order valence-electron chi connectivity index (χ2n) is 4.66. The van der Waals surface area contributed by atoms with Crippen LogP contribution in [0.25, 0.3) is 0 Å². The maximum atomic E-state index is 13.8. The van der Waals surface area contributed by atoms with E-state index in [0.29, 0.717) is 17.3 Å². The van der Waals surface area contributed by atoms with Crippen LogP contribution in [-0.4, -0.2) is 13.7 Å². The Morgan fingerprint density at radius 2 is 2.06 bits per heavy atom. The monoisotopic (exact) mass is 257 g/mol. The van der Waals surface area contributed by atoms with Crippen molar-refractivity contribution in [2.45, 2.75) is 31.1 Å². The standard InChI is InChI=1S/C13H17ClFNO/c1-17-12-10(6-9(14)7-11(12)15)13(8-16)4-2-3-5-13/h6-7H,2-5,8,16H2,1H3. The first-order valence-electron chi connectivity index (χ1n) is 5.86. The second kappa shape index (κ2) is 4.83. The minimum absolute atomic E-state index is 0.170. The molecule has 1 aromatic rings. The van der Waals surface area contributed by atoms with E-state index in [2.05, 4.69) is 0 Å². The lowest BCUT2D eigenvalue weighted by molar-refractivity contribution is 0.356. The fourth-order valence-corrected chi connectivity index (χ4v) is 3.00. The van der Waals surface area contributed by atoms with E-state index in [4.69, 9.17) is 22.1 Å². The second-order valence-corrected chi connectivity index (χ2v) is 5.10. The average molecular weight is 258 g/mol. The van der Waals surface area contributed by atoms with E-state index in [9.17, 15) is 4.39 Å². The number of halogens is 2. The fraction of sp³-hybridized carbons (Fsp3) is 0.538. The summed E-state index contributed by atoms with van der Waals surface area (Å²) < 4.78 is 19.0. The predicted molar refractivity (Wildman–Crippen MR) is 67.2 cm³/mol. The predicted octanol–water partition coefficient (Wildman–Crippen LogP) is 3.26. The van der Waals surface area contributed by atoms with Crippen molar-refractivity contribution in [1.29, 1.82) is 0 Å². The summed E-state index contributed by atoms with van der Waals surface area (Å²) in [7, 11) is 1.48. The van der Waals surface area contributed by atoms with Gasteiger partial charge in [-0.3, -0.25) is 0 Å². The molecule has 0 aromatic heterocycles. The van der Waals surface area contributed by atoms with Crippen LogP contribution in [0.5, 0.6) is 5.75 Å². The Bertz CT molecular complexity index is 416. The lowest BCUT2D eigenvalue weighted by Crippen LogP contribution is -2.32. The lowest BCUT2D eigenvalue weighted by atomic mass is 9.78. The molecule has 0 radical (unpaired) electrons. The third-order valence-corrected chi connectivity index (χ3v) is 3.95. The lowest BCUT2D eigenvalue weighted by Gasteiger charge is -2.29. The van der Waals surface area contributed by atoms with Gasteiger partial charge in [0, 0.05) is 22.5 Å². The van der Waals surface area contributed by atoms with Crippen LogP contribution in [0.2, 0.25) is 5.02 Å². The molecule has 0 atom stereocenters. The normalized spacial score (nSPS) is 18.4. The molecular weight excluding hydrogens is 241 g/mol. The topological polar surface area (TPSA) is 35.2 Å². The summed E-state index contributed by atoms with van der Waals surface area (Å²) in [5.41, 5.74) is 6.56. The molecule has 1 aliphatic carbocycles. The zero-order chi connectivity index (χ0) is 12.5. The molecule has 4 heteroatoms. The minimum Gasteiger partial charge on any atom is -0.493 e. The van der Waals surface area contributed by atoms with E-state index in [1.54, 1.807) is 6.07 Å². The van der Waals surface area contributed by atoms with Crippen molar-refractivity contribution in [2.24, 2.45) is 5.73 Å². The van der Waals surface area contributed by atoms with E-state index in [1.807, 2.05) is 0 Å². The van der Waals surface area contributed by atoms with Gasteiger partial charge in [0.05, 0.1) is 7.11 Å².